The number of nitrogens with one attached hydrogen (secondary N) is 1. The van der Waals surface area contributed by atoms with Crippen molar-refractivity contribution in [3.63, 3.8) is 0 Å². The molecule has 0 spiro atoms. The third-order valence-corrected chi connectivity index (χ3v) is 4.42. The first-order valence-corrected chi connectivity index (χ1v) is 8.82. The third-order valence-electron chi connectivity index (χ3n) is 3.69. The maximum absolute atomic E-state index is 12.7. The van der Waals surface area contributed by atoms with E-state index in [4.69, 9.17) is 21.8 Å². The number of hydrogen-bond donors (Lipinski definition) is 2. The highest BCUT2D eigenvalue weighted by Gasteiger charge is 2.28. The molecule has 1 atom stereocenters. The SMILES string of the molecule is NC(=O)C(=O)C(Cc1ccccc1)NC(=O)c1nsnc1-c1coc(Cl)c1. The van der Waals surface area contributed by atoms with Crippen LogP contribution in [0.25, 0.3) is 11.3 Å². The van der Waals surface area contributed by atoms with E-state index in [9.17, 15) is 14.4 Å². The molecule has 0 radical (unpaired) electrons. The van der Waals surface area contributed by atoms with Crippen molar-refractivity contribution in [1.82, 2.24) is 14.1 Å². The summed E-state index contributed by atoms with van der Waals surface area (Å²) in [6.07, 6.45) is 1.45. The second-order valence-corrected chi connectivity index (χ2v) is 6.45. The van der Waals surface area contributed by atoms with E-state index in [1.165, 1.54) is 12.3 Å². The van der Waals surface area contributed by atoms with Gasteiger partial charge in [-0.3, -0.25) is 14.4 Å². The van der Waals surface area contributed by atoms with Crippen LogP contribution in [0.15, 0.2) is 47.1 Å². The van der Waals surface area contributed by atoms with Crippen LogP contribution >= 0.6 is 23.3 Å². The Morgan fingerprint density at radius 2 is 1.96 bits per heavy atom. The normalized spacial score (nSPS) is 11.7. The summed E-state index contributed by atoms with van der Waals surface area (Å²) in [5.41, 5.74) is 6.60. The number of ketones is 1. The average Bonchev–Trinajstić information content (AvgIpc) is 3.30. The fourth-order valence-corrected chi connectivity index (χ4v) is 3.15. The lowest BCUT2D eigenvalue weighted by Crippen LogP contribution is -2.47. The molecule has 2 amide bonds. The monoisotopic (exact) mass is 404 g/mol. The van der Waals surface area contributed by atoms with E-state index in [-0.39, 0.29) is 23.0 Å². The van der Waals surface area contributed by atoms with Gasteiger partial charge >= 0.3 is 0 Å². The molecule has 3 rings (SSSR count). The lowest BCUT2D eigenvalue weighted by atomic mass is 10.0. The Labute approximate surface area is 162 Å². The van der Waals surface area contributed by atoms with E-state index in [0.29, 0.717) is 5.56 Å². The van der Waals surface area contributed by atoms with Crippen LogP contribution in [-0.4, -0.2) is 32.4 Å². The minimum Gasteiger partial charge on any atom is -0.452 e. The molecular weight excluding hydrogens is 392 g/mol. The Morgan fingerprint density at radius 1 is 1.22 bits per heavy atom. The first-order chi connectivity index (χ1) is 13.0. The number of nitrogens with two attached hydrogens (primary N) is 1. The summed E-state index contributed by atoms with van der Waals surface area (Å²) in [4.78, 5) is 36.2. The van der Waals surface area contributed by atoms with Crippen LogP contribution in [-0.2, 0) is 16.0 Å². The molecule has 27 heavy (non-hydrogen) atoms. The van der Waals surface area contributed by atoms with Gasteiger partial charge in [0.25, 0.3) is 11.8 Å². The zero-order valence-corrected chi connectivity index (χ0v) is 15.3. The Kier molecular flexibility index (Phi) is 5.63. The number of nitrogens with zero attached hydrogens (tertiary/aromatic N) is 2. The smallest absolute Gasteiger partial charge is 0.287 e. The van der Waals surface area contributed by atoms with Crippen LogP contribution in [0.4, 0.5) is 0 Å². The highest BCUT2D eigenvalue weighted by molar-refractivity contribution is 6.99. The third kappa shape index (κ3) is 4.39. The number of rotatable bonds is 7. The molecule has 3 N–H and O–H groups in total. The summed E-state index contributed by atoms with van der Waals surface area (Å²) in [5, 5.41) is 2.65. The van der Waals surface area contributed by atoms with Crippen molar-refractivity contribution >= 4 is 40.9 Å². The first-order valence-electron chi connectivity index (χ1n) is 7.71. The molecule has 1 aromatic carbocycles. The number of halogens is 1. The topological polar surface area (TPSA) is 128 Å². The maximum atomic E-state index is 12.7. The number of amides is 2. The predicted molar refractivity (Wildman–Crippen MR) is 98.2 cm³/mol. The number of carbonyl (C=O) groups is 3. The number of furan rings is 1. The molecule has 1 unspecified atom stereocenters. The fraction of sp³-hybridized carbons (Fsp3) is 0.118. The van der Waals surface area contributed by atoms with Gasteiger partial charge in [0.05, 0.1) is 11.7 Å². The lowest BCUT2D eigenvalue weighted by molar-refractivity contribution is -0.137. The first kappa shape index (κ1) is 18.7. The Morgan fingerprint density at radius 3 is 2.59 bits per heavy atom. The van der Waals surface area contributed by atoms with Crippen LogP contribution in [0.1, 0.15) is 16.1 Å². The van der Waals surface area contributed by atoms with Gasteiger partial charge in [-0.25, -0.2) is 0 Å². The Bertz CT molecular complexity index is 986. The average molecular weight is 405 g/mol. The van der Waals surface area contributed by atoms with Gasteiger partial charge in [0.2, 0.25) is 5.78 Å². The van der Waals surface area contributed by atoms with Gasteiger partial charge in [0.15, 0.2) is 10.9 Å². The summed E-state index contributed by atoms with van der Waals surface area (Å²) in [5.74, 6) is -2.69. The van der Waals surface area contributed by atoms with Gasteiger partial charge in [-0.1, -0.05) is 30.3 Å². The summed E-state index contributed by atoms with van der Waals surface area (Å²) in [6, 6.07) is 9.30. The summed E-state index contributed by atoms with van der Waals surface area (Å²) in [6.45, 7) is 0. The van der Waals surface area contributed by atoms with Crippen LogP contribution in [0.5, 0.6) is 0 Å². The summed E-state index contributed by atoms with van der Waals surface area (Å²) >= 11 is 6.57. The highest BCUT2D eigenvalue weighted by atomic mass is 35.5. The molecule has 0 aliphatic heterocycles. The molecule has 0 fully saturated rings. The summed E-state index contributed by atoms with van der Waals surface area (Å²) in [7, 11) is 0. The molecule has 138 valence electrons. The number of carbonyl (C=O) groups excluding carboxylic acids is 3. The van der Waals surface area contributed by atoms with Gasteiger partial charge < -0.3 is 15.5 Å². The van der Waals surface area contributed by atoms with E-state index in [1.807, 2.05) is 6.07 Å². The summed E-state index contributed by atoms with van der Waals surface area (Å²) < 4.78 is 13.0. The highest BCUT2D eigenvalue weighted by Crippen LogP contribution is 2.26. The van der Waals surface area contributed by atoms with Crippen molar-refractivity contribution in [2.75, 3.05) is 0 Å². The molecule has 0 aliphatic carbocycles. The Balaban J connectivity index is 1.84. The number of benzene rings is 1. The van der Waals surface area contributed by atoms with Crippen molar-refractivity contribution < 1.29 is 18.8 Å². The Hall–Kier alpha value is -3.04. The van der Waals surface area contributed by atoms with Gasteiger partial charge in [-0.2, -0.15) is 8.75 Å². The molecule has 2 heterocycles. The van der Waals surface area contributed by atoms with Gasteiger partial charge in [0, 0.05) is 18.1 Å². The van der Waals surface area contributed by atoms with Gasteiger partial charge in [0.1, 0.15) is 18.0 Å². The van der Waals surface area contributed by atoms with E-state index >= 15 is 0 Å². The van der Waals surface area contributed by atoms with Gasteiger partial charge in [-0.15, -0.1) is 0 Å². The molecule has 8 nitrogen and oxygen atoms in total. The van der Waals surface area contributed by atoms with E-state index in [0.717, 1.165) is 17.3 Å². The lowest BCUT2D eigenvalue weighted by Gasteiger charge is -2.16. The van der Waals surface area contributed by atoms with Crippen molar-refractivity contribution in [2.24, 2.45) is 5.73 Å². The van der Waals surface area contributed by atoms with Crippen molar-refractivity contribution in [1.29, 1.82) is 0 Å². The zero-order valence-electron chi connectivity index (χ0n) is 13.7. The van der Waals surface area contributed by atoms with Crippen LogP contribution in [0, 0.1) is 0 Å². The van der Waals surface area contributed by atoms with Crippen molar-refractivity contribution in [2.45, 2.75) is 12.5 Å². The number of Topliss-reactive ketones (excluding diaryl/α,β-unsaturated/α-hetero) is 1. The maximum Gasteiger partial charge on any atom is 0.287 e. The van der Waals surface area contributed by atoms with Gasteiger partial charge in [-0.05, 0) is 17.2 Å². The number of primary amides is 1. The molecule has 10 heteroatoms. The zero-order chi connectivity index (χ0) is 19.4. The molecule has 0 aliphatic rings. The fourth-order valence-electron chi connectivity index (χ4n) is 2.42. The van der Waals surface area contributed by atoms with Crippen LogP contribution in [0.3, 0.4) is 0 Å². The van der Waals surface area contributed by atoms with Crippen molar-refractivity contribution in [3.05, 3.63) is 59.1 Å². The molecule has 3 aromatic rings. The standard InChI is InChI=1S/C17H13ClN4O4S/c18-12-7-10(8-26-12)13-14(22-27-21-13)17(25)20-11(15(23)16(19)24)6-9-4-2-1-3-5-9/h1-5,7-8,11H,6H2,(H2,19,24)(H,20,25). The van der Waals surface area contributed by atoms with Crippen molar-refractivity contribution in [3.8, 4) is 11.3 Å². The molecule has 0 saturated heterocycles. The molecule has 0 bridgehead atoms. The minimum absolute atomic E-state index is 0.00667. The molecule has 2 aromatic heterocycles. The predicted octanol–water partition coefficient (Wildman–Crippen LogP) is 1.85. The second-order valence-electron chi connectivity index (χ2n) is 5.55. The number of aromatic nitrogens is 2. The van der Waals surface area contributed by atoms with E-state index in [2.05, 4.69) is 14.1 Å². The largest absolute Gasteiger partial charge is 0.452 e. The molecular formula is C17H13ClN4O4S. The van der Waals surface area contributed by atoms with Crippen LogP contribution < -0.4 is 11.1 Å². The quantitative estimate of drug-likeness (QED) is 0.578. The van der Waals surface area contributed by atoms with E-state index < -0.39 is 23.6 Å². The van der Waals surface area contributed by atoms with E-state index in [1.54, 1.807) is 24.3 Å². The molecule has 0 saturated carbocycles. The van der Waals surface area contributed by atoms with Crippen LogP contribution in [0.2, 0.25) is 5.22 Å². The second kappa shape index (κ2) is 8.11. The minimum atomic E-state index is -1.13. The number of hydrogen-bond acceptors (Lipinski definition) is 7.